The molecular formula is C14H18FNO4S. The van der Waals surface area contributed by atoms with Gasteiger partial charge in [0.1, 0.15) is 10.7 Å². The van der Waals surface area contributed by atoms with Crippen molar-refractivity contribution in [1.29, 1.82) is 0 Å². The Hall–Kier alpha value is -1.47. The number of aromatic carboxylic acids is 1. The van der Waals surface area contributed by atoms with Crippen molar-refractivity contribution in [2.45, 2.75) is 43.5 Å². The van der Waals surface area contributed by atoms with E-state index >= 15 is 0 Å². The van der Waals surface area contributed by atoms with Gasteiger partial charge < -0.3 is 5.11 Å². The molecule has 1 aliphatic rings. The lowest BCUT2D eigenvalue weighted by molar-refractivity contribution is 0.0696. The van der Waals surface area contributed by atoms with Crippen LogP contribution in [0.15, 0.2) is 23.1 Å². The van der Waals surface area contributed by atoms with Crippen molar-refractivity contribution in [2.75, 3.05) is 6.54 Å². The summed E-state index contributed by atoms with van der Waals surface area (Å²) in [7, 11) is -4.03. The van der Waals surface area contributed by atoms with E-state index in [9.17, 15) is 17.6 Å². The quantitative estimate of drug-likeness (QED) is 0.930. The van der Waals surface area contributed by atoms with Gasteiger partial charge in [-0.3, -0.25) is 0 Å². The molecule has 7 heteroatoms. The molecular weight excluding hydrogens is 297 g/mol. The Bertz CT molecular complexity index is 644. The van der Waals surface area contributed by atoms with E-state index in [0.29, 0.717) is 6.54 Å². The molecule has 5 nitrogen and oxygen atoms in total. The van der Waals surface area contributed by atoms with Gasteiger partial charge in [-0.2, -0.15) is 4.31 Å². The van der Waals surface area contributed by atoms with Crippen LogP contribution in [0.5, 0.6) is 0 Å². The van der Waals surface area contributed by atoms with Crippen LogP contribution < -0.4 is 0 Å². The second-order valence-electron chi connectivity index (χ2n) is 5.26. The van der Waals surface area contributed by atoms with Gasteiger partial charge in [-0.05, 0) is 38.0 Å². The maximum absolute atomic E-state index is 13.9. The number of carboxylic acid groups (broad SMARTS) is 1. The topological polar surface area (TPSA) is 74.7 Å². The van der Waals surface area contributed by atoms with Crippen LogP contribution >= 0.6 is 0 Å². The molecule has 1 atom stereocenters. The van der Waals surface area contributed by atoms with Crippen molar-refractivity contribution >= 4 is 16.0 Å². The largest absolute Gasteiger partial charge is 0.478 e. The molecule has 0 radical (unpaired) electrons. The molecule has 116 valence electrons. The number of hydrogen-bond donors (Lipinski definition) is 1. The molecule has 0 bridgehead atoms. The number of hydrogen-bond acceptors (Lipinski definition) is 3. The summed E-state index contributed by atoms with van der Waals surface area (Å²) in [5.41, 5.74) is -0.238. The number of halogens is 1. The molecule has 1 aromatic rings. The molecule has 0 spiro atoms. The first-order valence-electron chi connectivity index (χ1n) is 6.88. The molecule has 0 aromatic heterocycles. The van der Waals surface area contributed by atoms with Gasteiger partial charge in [0, 0.05) is 12.6 Å². The van der Waals surface area contributed by atoms with Crippen LogP contribution in [0.2, 0.25) is 0 Å². The highest BCUT2D eigenvalue weighted by Gasteiger charge is 2.32. The van der Waals surface area contributed by atoms with E-state index in [1.165, 1.54) is 4.31 Å². The highest BCUT2D eigenvalue weighted by Crippen LogP contribution is 2.26. The number of sulfonamides is 1. The Balaban J connectivity index is 2.47. The fourth-order valence-electron chi connectivity index (χ4n) is 2.57. The minimum Gasteiger partial charge on any atom is -0.478 e. The molecule has 0 aliphatic carbocycles. The van der Waals surface area contributed by atoms with Crippen molar-refractivity contribution in [3.63, 3.8) is 0 Å². The monoisotopic (exact) mass is 315 g/mol. The summed E-state index contributed by atoms with van der Waals surface area (Å²) in [5.74, 6) is -2.20. The number of nitrogens with zero attached hydrogens (tertiary/aromatic N) is 1. The third-order valence-electron chi connectivity index (χ3n) is 3.76. The minimum atomic E-state index is -4.03. The normalized spacial score (nSPS) is 21.0. The summed E-state index contributed by atoms with van der Waals surface area (Å²) in [5, 5.41) is 8.94. The number of carboxylic acids is 1. The average molecular weight is 315 g/mol. The first-order valence-corrected chi connectivity index (χ1v) is 8.32. The SMILES string of the molecule is CC1CCCCCN1S(=O)(=O)c1cc(C(=O)O)ccc1F. The van der Waals surface area contributed by atoms with Crippen LogP contribution in [0.4, 0.5) is 4.39 Å². The fraction of sp³-hybridized carbons (Fsp3) is 0.500. The lowest BCUT2D eigenvalue weighted by atomic mass is 10.1. The average Bonchev–Trinajstić information content (AvgIpc) is 2.63. The molecule has 1 unspecified atom stereocenters. The van der Waals surface area contributed by atoms with Gasteiger partial charge in [-0.25, -0.2) is 17.6 Å². The first kappa shape index (κ1) is 15.9. The Kier molecular flexibility index (Phi) is 4.63. The molecule has 1 saturated heterocycles. The first-order chi connectivity index (χ1) is 9.84. The molecule has 21 heavy (non-hydrogen) atoms. The maximum Gasteiger partial charge on any atom is 0.335 e. The molecule has 1 fully saturated rings. The minimum absolute atomic E-state index is 0.217. The standard InChI is InChI=1S/C14H18FNO4S/c1-10-5-3-2-4-8-16(10)21(19,20)13-9-11(14(17)18)6-7-12(13)15/h6-7,9-10H,2-5,8H2,1H3,(H,17,18). The smallest absolute Gasteiger partial charge is 0.335 e. The van der Waals surface area contributed by atoms with Gasteiger partial charge in [0.05, 0.1) is 5.56 Å². The number of benzene rings is 1. The Morgan fingerprint density at radius 3 is 2.71 bits per heavy atom. The zero-order chi connectivity index (χ0) is 15.6. The van der Waals surface area contributed by atoms with E-state index in [1.54, 1.807) is 6.92 Å². The maximum atomic E-state index is 13.9. The van der Waals surface area contributed by atoms with Crippen molar-refractivity contribution in [1.82, 2.24) is 4.31 Å². The Labute approximate surface area is 123 Å². The van der Waals surface area contributed by atoms with E-state index in [4.69, 9.17) is 5.11 Å². The summed E-state index contributed by atoms with van der Waals surface area (Å²) >= 11 is 0. The van der Waals surface area contributed by atoms with Crippen LogP contribution in [-0.4, -0.2) is 36.4 Å². The molecule has 1 aromatic carbocycles. The summed E-state index contributed by atoms with van der Waals surface area (Å²) in [6, 6.07) is 2.62. The van der Waals surface area contributed by atoms with E-state index in [-0.39, 0.29) is 11.6 Å². The fourth-order valence-corrected chi connectivity index (χ4v) is 4.36. The zero-order valence-corrected chi connectivity index (χ0v) is 12.6. The van der Waals surface area contributed by atoms with Gasteiger partial charge in [0.25, 0.3) is 0 Å². The predicted molar refractivity (Wildman–Crippen MR) is 75.2 cm³/mol. The molecule has 1 aliphatic heterocycles. The van der Waals surface area contributed by atoms with E-state index in [0.717, 1.165) is 43.9 Å². The van der Waals surface area contributed by atoms with Crippen molar-refractivity contribution in [3.05, 3.63) is 29.6 Å². The third-order valence-corrected chi connectivity index (χ3v) is 5.79. The third kappa shape index (κ3) is 3.24. The number of rotatable bonds is 3. The molecule has 0 amide bonds. The second-order valence-corrected chi connectivity index (χ2v) is 7.12. The Morgan fingerprint density at radius 2 is 2.05 bits per heavy atom. The molecule has 0 saturated carbocycles. The van der Waals surface area contributed by atoms with Crippen molar-refractivity contribution < 1.29 is 22.7 Å². The summed E-state index contributed by atoms with van der Waals surface area (Å²) in [4.78, 5) is 10.4. The van der Waals surface area contributed by atoms with Crippen LogP contribution in [0.1, 0.15) is 43.0 Å². The van der Waals surface area contributed by atoms with E-state index in [1.807, 2.05) is 0 Å². The molecule has 1 N–H and O–H groups in total. The second kappa shape index (κ2) is 6.11. The van der Waals surface area contributed by atoms with Crippen LogP contribution in [0, 0.1) is 5.82 Å². The van der Waals surface area contributed by atoms with Gasteiger partial charge in [-0.1, -0.05) is 12.8 Å². The van der Waals surface area contributed by atoms with Crippen LogP contribution in [0.25, 0.3) is 0 Å². The lowest BCUT2D eigenvalue weighted by Gasteiger charge is -2.26. The van der Waals surface area contributed by atoms with Gasteiger partial charge in [-0.15, -0.1) is 0 Å². The highest BCUT2D eigenvalue weighted by molar-refractivity contribution is 7.89. The van der Waals surface area contributed by atoms with Crippen molar-refractivity contribution in [2.24, 2.45) is 0 Å². The Morgan fingerprint density at radius 1 is 1.33 bits per heavy atom. The number of carbonyl (C=O) groups is 1. The van der Waals surface area contributed by atoms with Crippen molar-refractivity contribution in [3.8, 4) is 0 Å². The van der Waals surface area contributed by atoms with Gasteiger partial charge in [0.2, 0.25) is 10.0 Å². The highest BCUT2D eigenvalue weighted by atomic mass is 32.2. The molecule has 1 heterocycles. The molecule has 2 rings (SSSR count). The zero-order valence-electron chi connectivity index (χ0n) is 11.8. The summed E-state index contributed by atoms with van der Waals surface area (Å²) < 4.78 is 40.5. The van der Waals surface area contributed by atoms with Gasteiger partial charge >= 0.3 is 5.97 Å². The van der Waals surface area contributed by atoms with E-state index < -0.39 is 26.7 Å². The van der Waals surface area contributed by atoms with Crippen LogP contribution in [0.3, 0.4) is 0 Å². The predicted octanol–water partition coefficient (Wildman–Crippen LogP) is 2.48. The lowest BCUT2D eigenvalue weighted by Crippen LogP contribution is -2.38. The van der Waals surface area contributed by atoms with E-state index in [2.05, 4.69) is 0 Å². The van der Waals surface area contributed by atoms with Crippen LogP contribution in [-0.2, 0) is 10.0 Å². The summed E-state index contributed by atoms with van der Waals surface area (Å²) in [6.07, 6.45) is 3.32. The van der Waals surface area contributed by atoms with Gasteiger partial charge in [0.15, 0.2) is 0 Å². The summed E-state index contributed by atoms with van der Waals surface area (Å²) in [6.45, 7) is 2.13.